The highest BCUT2D eigenvalue weighted by atomic mass is 127. The van der Waals surface area contributed by atoms with Crippen molar-refractivity contribution in [3.8, 4) is 0 Å². The monoisotopic (exact) mass is 387 g/mol. The number of benzene rings is 1. The van der Waals surface area contributed by atoms with E-state index in [1.54, 1.807) is 11.8 Å². The molecule has 1 heterocycles. The molecule has 1 aliphatic rings. The van der Waals surface area contributed by atoms with Gasteiger partial charge in [0.25, 0.3) is 5.91 Å². The van der Waals surface area contributed by atoms with Gasteiger partial charge in [0.05, 0.1) is 12.5 Å². The van der Waals surface area contributed by atoms with Gasteiger partial charge in [0, 0.05) is 22.2 Å². The Bertz CT molecular complexity index is 486. The normalized spacial score (nSPS) is 18.7. The maximum Gasteiger partial charge on any atom is 0.310 e. The first-order chi connectivity index (χ1) is 9.61. The fourth-order valence-corrected chi connectivity index (χ4v) is 2.75. The zero-order valence-electron chi connectivity index (χ0n) is 11.5. The summed E-state index contributed by atoms with van der Waals surface area (Å²) in [6, 6.07) is 7.50. The van der Waals surface area contributed by atoms with E-state index in [1.165, 1.54) is 0 Å². The second-order valence-corrected chi connectivity index (χ2v) is 6.09. The van der Waals surface area contributed by atoms with E-state index < -0.39 is 0 Å². The highest BCUT2D eigenvalue weighted by molar-refractivity contribution is 14.1. The number of ether oxygens (including phenoxy) is 1. The Morgan fingerprint density at radius 2 is 2.05 bits per heavy atom. The zero-order valence-corrected chi connectivity index (χ0v) is 13.6. The maximum atomic E-state index is 12.4. The third-order valence-corrected chi connectivity index (χ3v) is 4.14. The summed E-state index contributed by atoms with van der Waals surface area (Å²) in [5.41, 5.74) is 0.676. The van der Waals surface area contributed by atoms with Gasteiger partial charge in [0.1, 0.15) is 0 Å². The number of likely N-dealkylation sites (tertiary alicyclic amines) is 1. The fraction of sp³-hybridized carbons (Fsp3) is 0.467. The number of carbonyl (C=O) groups is 2. The van der Waals surface area contributed by atoms with Crippen LogP contribution in [0.15, 0.2) is 24.3 Å². The summed E-state index contributed by atoms with van der Waals surface area (Å²) in [5, 5.41) is 0. The maximum absolute atomic E-state index is 12.4. The number of nitrogens with zero attached hydrogens (tertiary/aromatic N) is 1. The first-order valence-corrected chi connectivity index (χ1v) is 7.91. The molecular weight excluding hydrogens is 369 g/mol. The van der Waals surface area contributed by atoms with Gasteiger partial charge in [-0.15, -0.1) is 0 Å². The van der Waals surface area contributed by atoms with Crippen molar-refractivity contribution in [1.82, 2.24) is 4.90 Å². The Morgan fingerprint density at radius 1 is 1.35 bits per heavy atom. The molecule has 0 aromatic heterocycles. The average Bonchev–Trinajstić information content (AvgIpc) is 2.48. The van der Waals surface area contributed by atoms with Crippen LogP contribution in [-0.4, -0.2) is 36.5 Å². The van der Waals surface area contributed by atoms with Crippen molar-refractivity contribution < 1.29 is 14.3 Å². The van der Waals surface area contributed by atoms with E-state index in [1.807, 2.05) is 24.3 Å². The fourth-order valence-electron chi connectivity index (χ4n) is 2.39. The molecule has 4 nitrogen and oxygen atoms in total. The molecule has 1 aliphatic heterocycles. The topological polar surface area (TPSA) is 46.6 Å². The predicted molar refractivity (Wildman–Crippen MR) is 84.4 cm³/mol. The summed E-state index contributed by atoms with van der Waals surface area (Å²) in [5.74, 6) is -0.375. The lowest BCUT2D eigenvalue weighted by atomic mass is 9.97. The number of halogens is 1. The van der Waals surface area contributed by atoms with E-state index in [-0.39, 0.29) is 17.8 Å². The van der Waals surface area contributed by atoms with Crippen LogP contribution in [0.3, 0.4) is 0 Å². The largest absolute Gasteiger partial charge is 0.466 e. The van der Waals surface area contributed by atoms with Gasteiger partial charge in [-0.05, 0) is 66.6 Å². The van der Waals surface area contributed by atoms with Crippen LogP contribution in [0.2, 0.25) is 0 Å². The molecule has 20 heavy (non-hydrogen) atoms. The Kier molecular flexibility index (Phi) is 5.39. The summed E-state index contributed by atoms with van der Waals surface area (Å²) in [6.45, 7) is 3.36. The van der Waals surface area contributed by atoms with Crippen LogP contribution in [0, 0.1) is 9.49 Å². The predicted octanol–water partition coefficient (Wildman–Crippen LogP) is 2.71. The molecule has 1 fully saturated rings. The quantitative estimate of drug-likeness (QED) is 0.592. The van der Waals surface area contributed by atoms with E-state index in [2.05, 4.69) is 22.6 Å². The Labute approximate surface area is 132 Å². The van der Waals surface area contributed by atoms with Crippen LogP contribution in [0.1, 0.15) is 30.1 Å². The standard InChI is InChI=1S/C15H18INO3/c1-2-20-15(19)12-4-3-9-17(10-12)14(18)11-5-7-13(16)8-6-11/h5-8,12H,2-4,9-10H2,1H3. The molecule has 0 N–H and O–H groups in total. The van der Waals surface area contributed by atoms with Crippen LogP contribution in [0.25, 0.3) is 0 Å². The Morgan fingerprint density at radius 3 is 2.70 bits per heavy atom. The molecule has 0 bridgehead atoms. The van der Waals surface area contributed by atoms with Crippen LogP contribution in [-0.2, 0) is 9.53 Å². The molecule has 5 heteroatoms. The van der Waals surface area contributed by atoms with Crippen LogP contribution >= 0.6 is 22.6 Å². The Hall–Kier alpha value is -1.11. The summed E-state index contributed by atoms with van der Waals surface area (Å²) in [4.78, 5) is 26.0. The number of hydrogen-bond donors (Lipinski definition) is 0. The van der Waals surface area contributed by atoms with Gasteiger partial charge >= 0.3 is 5.97 Å². The molecule has 0 saturated carbocycles. The van der Waals surface area contributed by atoms with Gasteiger partial charge in [-0.25, -0.2) is 0 Å². The summed E-state index contributed by atoms with van der Waals surface area (Å²) >= 11 is 2.21. The van der Waals surface area contributed by atoms with Crippen molar-refractivity contribution in [2.75, 3.05) is 19.7 Å². The minimum atomic E-state index is -0.187. The van der Waals surface area contributed by atoms with E-state index in [0.717, 1.165) is 16.4 Å². The molecule has 0 spiro atoms. The van der Waals surface area contributed by atoms with Crippen molar-refractivity contribution in [3.63, 3.8) is 0 Å². The minimum absolute atomic E-state index is 0.00426. The summed E-state index contributed by atoms with van der Waals surface area (Å²) < 4.78 is 6.15. The first-order valence-electron chi connectivity index (χ1n) is 6.83. The number of carbonyl (C=O) groups excluding carboxylic acids is 2. The van der Waals surface area contributed by atoms with Gasteiger partial charge in [-0.2, -0.15) is 0 Å². The Balaban J connectivity index is 2.03. The van der Waals surface area contributed by atoms with Crippen LogP contribution in [0.4, 0.5) is 0 Å². The van der Waals surface area contributed by atoms with Crippen LogP contribution < -0.4 is 0 Å². The van der Waals surface area contributed by atoms with Crippen molar-refractivity contribution >= 4 is 34.5 Å². The second-order valence-electron chi connectivity index (χ2n) is 4.85. The lowest BCUT2D eigenvalue weighted by molar-refractivity contribution is -0.149. The molecule has 1 atom stereocenters. The summed E-state index contributed by atoms with van der Waals surface area (Å²) in [7, 11) is 0. The highest BCUT2D eigenvalue weighted by Crippen LogP contribution is 2.20. The average molecular weight is 387 g/mol. The van der Waals surface area contributed by atoms with E-state index >= 15 is 0 Å². The molecule has 1 aromatic rings. The van der Waals surface area contributed by atoms with E-state index in [0.29, 0.717) is 25.3 Å². The lowest BCUT2D eigenvalue weighted by Gasteiger charge is -2.31. The number of hydrogen-bond acceptors (Lipinski definition) is 3. The van der Waals surface area contributed by atoms with Crippen molar-refractivity contribution in [2.45, 2.75) is 19.8 Å². The van der Waals surface area contributed by atoms with Gasteiger partial charge in [0.15, 0.2) is 0 Å². The van der Waals surface area contributed by atoms with Gasteiger partial charge in [-0.1, -0.05) is 0 Å². The highest BCUT2D eigenvalue weighted by Gasteiger charge is 2.29. The molecule has 1 saturated heterocycles. The molecule has 2 rings (SSSR count). The van der Waals surface area contributed by atoms with E-state index in [9.17, 15) is 9.59 Å². The number of esters is 1. The molecule has 1 aromatic carbocycles. The second kappa shape index (κ2) is 7.06. The minimum Gasteiger partial charge on any atom is -0.466 e. The van der Waals surface area contributed by atoms with Crippen LogP contribution in [0.5, 0.6) is 0 Å². The first kappa shape index (κ1) is 15.3. The molecule has 1 amide bonds. The lowest BCUT2D eigenvalue weighted by Crippen LogP contribution is -2.42. The van der Waals surface area contributed by atoms with Crippen molar-refractivity contribution in [1.29, 1.82) is 0 Å². The molecule has 0 aliphatic carbocycles. The molecule has 0 radical (unpaired) electrons. The third-order valence-electron chi connectivity index (χ3n) is 3.42. The number of rotatable bonds is 3. The van der Waals surface area contributed by atoms with Gasteiger partial charge < -0.3 is 9.64 Å². The third kappa shape index (κ3) is 3.71. The smallest absolute Gasteiger partial charge is 0.310 e. The number of piperidine rings is 1. The molecule has 108 valence electrons. The van der Waals surface area contributed by atoms with E-state index in [4.69, 9.17) is 4.74 Å². The molecular formula is C15H18INO3. The number of amides is 1. The molecule has 1 unspecified atom stereocenters. The van der Waals surface area contributed by atoms with Gasteiger partial charge in [-0.3, -0.25) is 9.59 Å². The SMILES string of the molecule is CCOC(=O)C1CCCN(C(=O)c2ccc(I)cc2)C1. The zero-order chi connectivity index (χ0) is 14.5. The van der Waals surface area contributed by atoms with Gasteiger partial charge in [0.2, 0.25) is 0 Å². The van der Waals surface area contributed by atoms with Crippen molar-refractivity contribution in [2.24, 2.45) is 5.92 Å². The summed E-state index contributed by atoms with van der Waals surface area (Å²) in [6.07, 6.45) is 1.65. The van der Waals surface area contributed by atoms with Crippen molar-refractivity contribution in [3.05, 3.63) is 33.4 Å².